The van der Waals surface area contributed by atoms with Gasteiger partial charge in [-0.25, -0.2) is 0 Å². The SMILES string of the molecule is C=C.C=Cc1ccsc1C=C. The third kappa shape index (κ3) is 2.56. The number of rotatable bonds is 2. The normalized spacial score (nSPS) is 7.64. The lowest BCUT2D eigenvalue weighted by Crippen LogP contribution is -1.63. The van der Waals surface area contributed by atoms with Crippen molar-refractivity contribution in [2.24, 2.45) is 0 Å². The largest absolute Gasteiger partial charge is 0.144 e. The van der Waals surface area contributed by atoms with E-state index >= 15 is 0 Å². The van der Waals surface area contributed by atoms with Crippen LogP contribution in [0, 0.1) is 0 Å². The molecule has 0 aliphatic carbocycles. The number of hydrogen-bond acceptors (Lipinski definition) is 1. The van der Waals surface area contributed by atoms with Gasteiger partial charge < -0.3 is 0 Å². The highest BCUT2D eigenvalue weighted by Crippen LogP contribution is 2.18. The van der Waals surface area contributed by atoms with Gasteiger partial charge >= 0.3 is 0 Å². The summed E-state index contributed by atoms with van der Waals surface area (Å²) in [4.78, 5) is 1.20. The third-order valence-electron chi connectivity index (χ3n) is 1.13. The molecule has 0 amide bonds. The average Bonchev–Trinajstić information content (AvgIpc) is 2.54. The zero-order valence-electron chi connectivity index (χ0n) is 6.55. The fourth-order valence-electron chi connectivity index (χ4n) is 0.665. The lowest BCUT2D eigenvalue weighted by molar-refractivity contribution is 1.85. The Morgan fingerprint density at radius 2 is 1.82 bits per heavy atom. The molecule has 0 saturated carbocycles. The van der Waals surface area contributed by atoms with Crippen LogP contribution in [-0.2, 0) is 0 Å². The van der Waals surface area contributed by atoms with Gasteiger partial charge in [0, 0.05) is 4.88 Å². The minimum absolute atomic E-state index is 1.18. The van der Waals surface area contributed by atoms with Gasteiger partial charge in [0.15, 0.2) is 0 Å². The molecule has 0 aromatic carbocycles. The molecule has 1 heteroatoms. The van der Waals surface area contributed by atoms with Crippen LogP contribution in [0.2, 0.25) is 0 Å². The zero-order chi connectivity index (χ0) is 8.69. The summed E-state index contributed by atoms with van der Waals surface area (Å²) in [5, 5.41) is 2.04. The van der Waals surface area contributed by atoms with Gasteiger partial charge in [-0.1, -0.05) is 25.3 Å². The van der Waals surface area contributed by atoms with Crippen LogP contribution in [0.4, 0.5) is 0 Å². The fourth-order valence-corrected chi connectivity index (χ4v) is 1.41. The monoisotopic (exact) mass is 164 g/mol. The van der Waals surface area contributed by atoms with E-state index < -0.39 is 0 Å². The Hall–Kier alpha value is -1.08. The van der Waals surface area contributed by atoms with Gasteiger partial charge in [-0.15, -0.1) is 24.5 Å². The maximum absolute atomic E-state index is 3.67. The summed E-state index contributed by atoms with van der Waals surface area (Å²) in [6.45, 7) is 13.3. The molecule has 0 atom stereocenters. The molecule has 0 aliphatic rings. The second-order valence-electron chi connectivity index (χ2n) is 1.65. The first-order valence-electron chi connectivity index (χ1n) is 3.21. The summed E-state index contributed by atoms with van der Waals surface area (Å²) >= 11 is 1.68. The molecule has 0 fully saturated rings. The van der Waals surface area contributed by atoms with Crippen LogP contribution < -0.4 is 0 Å². The molecule has 0 N–H and O–H groups in total. The van der Waals surface area contributed by atoms with Crippen LogP contribution in [0.1, 0.15) is 10.4 Å². The molecule has 0 saturated heterocycles. The highest BCUT2D eigenvalue weighted by molar-refractivity contribution is 7.11. The predicted octanol–water partition coefficient (Wildman–Crippen LogP) is 3.84. The molecule has 1 aromatic heterocycles. The second kappa shape index (κ2) is 5.69. The third-order valence-corrected chi connectivity index (χ3v) is 2.06. The lowest BCUT2D eigenvalue weighted by Gasteiger charge is -1.85. The zero-order valence-corrected chi connectivity index (χ0v) is 7.36. The number of thiophene rings is 1. The van der Waals surface area contributed by atoms with Crippen LogP contribution in [0.15, 0.2) is 37.8 Å². The second-order valence-corrected chi connectivity index (χ2v) is 2.60. The summed E-state index contributed by atoms with van der Waals surface area (Å²) in [6.07, 6.45) is 3.69. The van der Waals surface area contributed by atoms with E-state index in [1.54, 1.807) is 11.3 Å². The Kier molecular flexibility index (Phi) is 5.13. The Morgan fingerprint density at radius 1 is 1.18 bits per heavy atom. The van der Waals surface area contributed by atoms with Crippen molar-refractivity contribution in [1.29, 1.82) is 0 Å². The van der Waals surface area contributed by atoms with E-state index in [9.17, 15) is 0 Å². The van der Waals surface area contributed by atoms with E-state index in [-0.39, 0.29) is 0 Å². The Bertz CT molecular complexity index is 210. The maximum Gasteiger partial charge on any atom is 0.0336 e. The van der Waals surface area contributed by atoms with E-state index in [0.29, 0.717) is 0 Å². The van der Waals surface area contributed by atoms with E-state index in [1.165, 1.54) is 10.4 Å². The van der Waals surface area contributed by atoms with E-state index in [2.05, 4.69) is 26.3 Å². The maximum atomic E-state index is 3.67. The Labute approximate surface area is 72.2 Å². The molecule has 0 spiro atoms. The topological polar surface area (TPSA) is 0 Å². The summed E-state index contributed by atoms with van der Waals surface area (Å²) in [6, 6.07) is 2.04. The molecular formula is C10H12S. The van der Waals surface area contributed by atoms with E-state index in [1.807, 2.05) is 23.6 Å². The van der Waals surface area contributed by atoms with Gasteiger partial charge in [0.25, 0.3) is 0 Å². The van der Waals surface area contributed by atoms with Gasteiger partial charge in [-0.05, 0) is 17.0 Å². The fraction of sp³-hybridized carbons (Fsp3) is 0. The molecule has 0 nitrogen and oxygen atoms in total. The first-order valence-corrected chi connectivity index (χ1v) is 4.09. The summed E-state index contributed by atoms with van der Waals surface area (Å²) in [7, 11) is 0. The molecule has 1 aromatic rings. The van der Waals surface area contributed by atoms with Crippen molar-refractivity contribution < 1.29 is 0 Å². The van der Waals surface area contributed by atoms with Gasteiger partial charge in [0.05, 0.1) is 0 Å². The van der Waals surface area contributed by atoms with Gasteiger partial charge in [-0.2, -0.15) is 0 Å². The van der Waals surface area contributed by atoms with Crippen LogP contribution in [0.5, 0.6) is 0 Å². The Morgan fingerprint density at radius 3 is 2.18 bits per heavy atom. The van der Waals surface area contributed by atoms with Crippen molar-refractivity contribution in [2.45, 2.75) is 0 Å². The van der Waals surface area contributed by atoms with Crippen molar-refractivity contribution in [2.75, 3.05) is 0 Å². The lowest BCUT2D eigenvalue weighted by atomic mass is 10.2. The molecule has 1 rings (SSSR count). The van der Waals surface area contributed by atoms with E-state index in [0.717, 1.165) is 0 Å². The van der Waals surface area contributed by atoms with Gasteiger partial charge in [-0.3, -0.25) is 0 Å². The highest BCUT2D eigenvalue weighted by atomic mass is 32.1. The summed E-state index contributed by atoms with van der Waals surface area (Å²) < 4.78 is 0. The number of hydrogen-bond donors (Lipinski definition) is 0. The van der Waals surface area contributed by atoms with Gasteiger partial charge in [0.2, 0.25) is 0 Å². The molecule has 0 bridgehead atoms. The average molecular weight is 164 g/mol. The Balaban J connectivity index is 0.000000461. The molecule has 1 heterocycles. The predicted molar refractivity (Wildman–Crippen MR) is 55.8 cm³/mol. The van der Waals surface area contributed by atoms with Crippen LogP contribution in [0.3, 0.4) is 0 Å². The molecule has 0 radical (unpaired) electrons. The summed E-state index contributed by atoms with van der Waals surface area (Å²) in [5.74, 6) is 0. The van der Waals surface area contributed by atoms with E-state index in [4.69, 9.17) is 0 Å². The molecular weight excluding hydrogens is 152 g/mol. The quantitative estimate of drug-likeness (QED) is 0.583. The van der Waals surface area contributed by atoms with Crippen LogP contribution in [0.25, 0.3) is 12.2 Å². The van der Waals surface area contributed by atoms with Crippen molar-refractivity contribution in [1.82, 2.24) is 0 Å². The van der Waals surface area contributed by atoms with Crippen LogP contribution in [-0.4, -0.2) is 0 Å². The summed E-state index contributed by atoms with van der Waals surface area (Å²) in [5.41, 5.74) is 1.18. The molecule has 0 unspecified atom stereocenters. The first kappa shape index (κ1) is 9.92. The minimum atomic E-state index is 1.18. The van der Waals surface area contributed by atoms with Crippen molar-refractivity contribution in [3.8, 4) is 0 Å². The smallest absolute Gasteiger partial charge is 0.0336 e. The highest BCUT2D eigenvalue weighted by Gasteiger charge is 1.92. The first-order chi connectivity index (χ1) is 5.38. The molecule has 11 heavy (non-hydrogen) atoms. The minimum Gasteiger partial charge on any atom is -0.144 e. The molecule has 58 valence electrons. The van der Waals surface area contributed by atoms with Crippen molar-refractivity contribution in [3.63, 3.8) is 0 Å². The van der Waals surface area contributed by atoms with Crippen molar-refractivity contribution in [3.05, 3.63) is 48.2 Å². The van der Waals surface area contributed by atoms with Crippen LogP contribution >= 0.6 is 11.3 Å². The van der Waals surface area contributed by atoms with Gasteiger partial charge in [0.1, 0.15) is 0 Å². The standard InChI is InChI=1S/C8H8S.C2H4/c1-3-7-5-6-9-8(7)4-2;1-2/h3-6H,1-2H2;1-2H2. The molecule has 0 aliphatic heterocycles. The van der Waals surface area contributed by atoms with Crippen molar-refractivity contribution >= 4 is 23.5 Å².